The number of fused-ring (bicyclic) bond motifs is 5. The minimum absolute atomic E-state index is 0.181. The van der Waals surface area contributed by atoms with Crippen LogP contribution in [0.2, 0.25) is 0 Å². The zero-order chi connectivity index (χ0) is 23.4. The van der Waals surface area contributed by atoms with Crippen LogP contribution >= 0.6 is 0 Å². The van der Waals surface area contributed by atoms with Crippen LogP contribution in [0.1, 0.15) is 97.0 Å². The Morgan fingerprint density at radius 1 is 1.15 bits per heavy atom. The molecular formula is C28H43N3O2. The maximum Gasteiger partial charge on any atom is 0.102 e. The molecule has 4 saturated carbocycles. The fourth-order valence-electron chi connectivity index (χ4n) is 9.62. The van der Waals surface area contributed by atoms with E-state index in [0.717, 1.165) is 55.8 Å². The molecular weight excluding hydrogens is 410 g/mol. The van der Waals surface area contributed by atoms with Gasteiger partial charge in [-0.3, -0.25) is 4.68 Å². The molecule has 5 nitrogen and oxygen atoms in total. The van der Waals surface area contributed by atoms with Gasteiger partial charge in [-0.25, -0.2) is 0 Å². The van der Waals surface area contributed by atoms with Gasteiger partial charge in [0, 0.05) is 6.20 Å². The lowest BCUT2D eigenvalue weighted by atomic mass is 9.48. The Balaban J connectivity index is 1.31. The van der Waals surface area contributed by atoms with Crippen LogP contribution in [-0.4, -0.2) is 31.2 Å². The van der Waals surface area contributed by atoms with E-state index in [9.17, 15) is 10.2 Å². The molecule has 9 atom stereocenters. The maximum absolute atomic E-state index is 11.7. The third-order valence-corrected chi connectivity index (χ3v) is 10.8. The number of rotatable bonds is 5. The van der Waals surface area contributed by atoms with Crippen LogP contribution in [0, 0.1) is 52.3 Å². The van der Waals surface area contributed by atoms with Crippen molar-refractivity contribution in [2.24, 2.45) is 40.9 Å². The largest absolute Gasteiger partial charge is 0.390 e. The number of hydrogen-bond acceptors (Lipinski definition) is 4. The third kappa shape index (κ3) is 3.96. The topological polar surface area (TPSA) is 82.1 Å². The van der Waals surface area contributed by atoms with Crippen molar-refractivity contribution < 1.29 is 10.2 Å². The van der Waals surface area contributed by atoms with Gasteiger partial charge in [0.15, 0.2) is 0 Å². The molecule has 1 aromatic rings. The standard InChI is InChI=1S/C28H43N3O2/c1-4-11-28(33)13-10-21-20(14-28)5-6-23-22(21)9-12-26(2)24(23)7-8-25(26)27(3,32)18-31-17-19(15-29)16-30-31/h16-17,20-25,32-33H,4-14,18H2,1-3H3/t20-,21+,22-,23-,24+,25?,26+,27?,28-/m1/s1. The quantitative estimate of drug-likeness (QED) is 0.633. The summed E-state index contributed by atoms with van der Waals surface area (Å²) in [7, 11) is 0. The highest BCUT2D eigenvalue weighted by Crippen LogP contribution is 2.66. The van der Waals surface area contributed by atoms with Gasteiger partial charge < -0.3 is 10.2 Å². The average Bonchev–Trinajstić information content (AvgIpc) is 3.36. The van der Waals surface area contributed by atoms with Crippen molar-refractivity contribution in [2.45, 2.75) is 109 Å². The van der Waals surface area contributed by atoms with Gasteiger partial charge in [0.2, 0.25) is 0 Å². The highest BCUT2D eigenvalue weighted by molar-refractivity contribution is 5.21. The van der Waals surface area contributed by atoms with E-state index in [1.54, 1.807) is 17.1 Å². The molecule has 4 fully saturated rings. The second kappa shape index (κ2) is 8.38. The van der Waals surface area contributed by atoms with E-state index in [1.165, 1.54) is 38.5 Å². The fraction of sp³-hybridized carbons (Fsp3) is 0.857. The van der Waals surface area contributed by atoms with Crippen molar-refractivity contribution in [2.75, 3.05) is 0 Å². The predicted molar refractivity (Wildman–Crippen MR) is 128 cm³/mol. The van der Waals surface area contributed by atoms with Crippen LogP contribution in [0.4, 0.5) is 0 Å². The van der Waals surface area contributed by atoms with E-state index in [2.05, 4.69) is 25.0 Å². The Morgan fingerprint density at radius 2 is 1.94 bits per heavy atom. The molecule has 0 aliphatic heterocycles. The van der Waals surface area contributed by atoms with Crippen molar-refractivity contribution in [3.05, 3.63) is 18.0 Å². The van der Waals surface area contributed by atoms with Crippen molar-refractivity contribution in [3.8, 4) is 6.07 Å². The second-order valence-electron chi connectivity index (χ2n) is 12.7. The lowest BCUT2D eigenvalue weighted by molar-refractivity contribution is -0.130. The Labute approximate surface area is 199 Å². The molecule has 5 rings (SSSR count). The molecule has 2 N–H and O–H groups in total. The molecule has 4 aliphatic carbocycles. The molecule has 5 heteroatoms. The zero-order valence-electron chi connectivity index (χ0n) is 20.8. The van der Waals surface area contributed by atoms with E-state index in [1.807, 2.05) is 6.92 Å². The number of aliphatic hydroxyl groups is 2. The SMILES string of the molecule is CCC[C@@]1(O)CC[C@H]2[C@H](CC[C@@H]3[C@@H]2CC[C@]2(C)C(C(C)(O)Cn4cc(C#N)cn4)CC[C@@H]32)C1. The average molecular weight is 454 g/mol. The van der Waals surface area contributed by atoms with Crippen LogP contribution in [0.3, 0.4) is 0 Å². The first-order chi connectivity index (χ1) is 15.7. The minimum Gasteiger partial charge on any atom is -0.390 e. The number of nitrogens with zero attached hydrogens (tertiary/aromatic N) is 3. The van der Waals surface area contributed by atoms with Gasteiger partial charge in [-0.1, -0.05) is 20.3 Å². The van der Waals surface area contributed by atoms with Crippen LogP contribution in [0.25, 0.3) is 0 Å². The van der Waals surface area contributed by atoms with E-state index in [4.69, 9.17) is 5.26 Å². The van der Waals surface area contributed by atoms with E-state index in [0.29, 0.717) is 18.0 Å². The van der Waals surface area contributed by atoms with E-state index in [-0.39, 0.29) is 11.3 Å². The first kappa shape index (κ1) is 23.4. The highest BCUT2D eigenvalue weighted by atomic mass is 16.3. The molecule has 33 heavy (non-hydrogen) atoms. The summed E-state index contributed by atoms with van der Waals surface area (Å²) in [6.07, 6.45) is 16.1. The van der Waals surface area contributed by atoms with Crippen LogP contribution in [0.5, 0.6) is 0 Å². The van der Waals surface area contributed by atoms with Gasteiger partial charge in [0.05, 0.1) is 29.5 Å². The first-order valence-electron chi connectivity index (χ1n) is 13.6. The summed E-state index contributed by atoms with van der Waals surface area (Å²) in [6, 6.07) is 2.14. The monoisotopic (exact) mass is 453 g/mol. The summed E-state index contributed by atoms with van der Waals surface area (Å²) < 4.78 is 1.76. The molecule has 2 unspecified atom stereocenters. The number of nitriles is 1. The van der Waals surface area contributed by atoms with Crippen molar-refractivity contribution in [1.82, 2.24) is 9.78 Å². The molecule has 182 valence electrons. The fourth-order valence-corrected chi connectivity index (χ4v) is 9.62. The van der Waals surface area contributed by atoms with Crippen LogP contribution in [0.15, 0.2) is 12.4 Å². The zero-order valence-corrected chi connectivity index (χ0v) is 20.8. The Morgan fingerprint density at radius 3 is 2.67 bits per heavy atom. The van der Waals surface area contributed by atoms with Gasteiger partial charge in [0.25, 0.3) is 0 Å². The number of hydrogen-bond donors (Lipinski definition) is 2. The Hall–Kier alpha value is -1.38. The Bertz CT molecular complexity index is 903. The molecule has 0 aromatic carbocycles. The van der Waals surface area contributed by atoms with Crippen molar-refractivity contribution in [3.63, 3.8) is 0 Å². The molecule has 1 aromatic heterocycles. The van der Waals surface area contributed by atoms with Crippen molar-refractivity contribution in [1.29, 1.82) is 5.26 Å². The summed E-state index contributed by atoms with van der Waals surface area (Å²) in [5.74, 6) is 4.11. The van der Waals surface area contributed by atoms with Crippen molar-refractivity contribution >= 4 is 0 Å². The second-order valence-corrected chi connectivity index (χ2v) is 12.7. The van der Waals surface area contributed by atoms with E-state index < -0.39 is 11.2 Å². The molecule has 4 aliphatic rings. The summed E-state index contributed by atoms with van der Waals surface area (Å²) in [5.41, 5.74) is -0.494. The van der Waals surface area contributed by atoms with Gasteiger partial charge in [-0.15, -0.1) is 0 Å². The molecule has 0 radical (unpaired) electrons. The first-order valence-corrected chi connectivity index (χ1v) is 13.6. The Kier molecular flexibility index (Phi) is 5.93. The third-order valence-electron chi connectivity index (χ3n) is 10.8. The highest BCUT2D eigenvalue weighted by Gasteiger charge is 2.60. The van der Waals surface area contributed by atoms with Gasteiger partial charge >= 0.3 is 0 Å². The smallest absolute Gasteiger partial charge is 0.102 e. The molecule has 0 amide bonds. The van der Waals surface area contributed by atoms with Gasteiger partial charge in [-0.05, 0) is 112 Å². The molecule has 0 spiro atoms. The summed E-state index contributed by atoms with van der Waals surface area (Å²) in [6.45, 7) is 7.12. The predicted octanol–water partition coefficient (Wildman–Crippen LogP) is 5.31. The van der Waals surface area contributed by atoms with Gasteiger partial charge in [-0.2, -0.15) is 10.4 Å². The molecule has 0 bridgehead atoms. The molecule has 1 heterocycles. The molecule has 0 saturated heterocycles. The lowest BCUT2D eigenvalue weighted by Gasteiger charge is -2.58. The normalized spacial score (nSPS) is 44.2. The van der Waals surface area contributed by atoms with Gasteiger partial charge in [0.1, 0.15) is 6.07 Å². The van der Waals surface area contributed by atoms with Crippen LogP contribution in [-0.2, 0) is 6.54 Å². The van der Waals surface area contributed by atoms with Crippen LogP contribution < -0.4 is 0 Å². The summed E-state index contributed by atoms with van der Waals surface area (Å²) in [5, 5.41) is 36.2. The maximum atomic E-state index is 11.7. The summed E-state index contributed by atoms with van der Waals surface area (Å²) in [4.78, 5) is 0. The lowest BCUT2D eigenvalue weighted by Crippen LogP contribution is -2.53. The number of aromatic nitrogens is 2. The minimum atomic E-state index is -0.826. The van der Waals surface area contributed by atoms with E-state index >= 15 is 0 Å². The summed E-state index contributed by atoms with van der Waals surface area (Å²) >= 11 is 0.